The average Bonchev–Trinajstić information content (AvgIpc) is 2.31. The Morgan fingerprint density at radius 1 is 1.19 bits per heavy atom. The molecule has 1 aliphatic rings. The van der Waals surface area contributed by atoms with Crippen LogP contribution in [0.3, 0.4) is 0 Å². The molecule has 1 aromatic carbocycles. The molecule has 1 fully saturated rings. The van der Waals surface area contributed by atoms with Crippen molar-refractivity contribution in [2.24, 2.45) is 0 Å². The molecule has 0 saturated carbocycles. The van der Waals surface area contributed by atoms with Crippen LogP contribution in [0.15, 0.2) is 24.3 Å². The maximum absolute atomic E-state index is 12.9. The standard InChI is InChI=1S/C12H14ClFO2/c13-7-6-12(15-8-1-9-16-12)10-2-4-11(14)5-3-10/h2-5H,1,6-9H2. The molecular weight excluding hydrogens is 231 g/mol. The molecule has 0 aromatic heterocycles. The first-order valence-corrected chi connectivity index (χ1v) is 5.90. The van der Waals surface area contributed by atoms with E-state index in [1.54, 1.807) is 12.1 Å². The van der Waals surface area contributed by atoms with Crippen molar-refractivity contribution >= 4 is 11.6 Å². The minimum Gasteiger partial charge on any atom is -0.346 e. The number of halogens is 2. The van der Waals surface area contributed by atoms with E-state index in [2.05, 4.69) is 0 Å². The lowest BCUT2D eigenvalue weighted by molar-refractivity contribution is -0.277. The van der Waals surface area contributed by atoms with Gasteiger partial charge in [-0.15, -0.1) is 11.6 Å². The Hall–Kier alpha value is -0.640. The molecule has 2 nitrogen and oxygen atoms in total. The minimum absolute atomic E-state index is 0.263. The van der Waals surface area contributed by atoms with Crippen molar-refractivity contribution in [3.8, 4) is 0 Å². The summed E-state index contributed by atoms with van der Waals surface area (Å²) in [5.74, 6) is -0.606. The molecule has 0 unspecified atom stereocenters. The van der Waals surface area contributed by atoms with E-state index < -0.39 is 5.79 Å². The monoisotopic (exact) mass is 244 g/mol. The summed E-state index contributed by atoms with van der Waals surface area (Å²) < 4.78 is 24.3. The number of alkyl halides is 1. The first-order chi connectivity index (χ1) is 7.77. The SMILES string of the molecule is Fc1ccc(C2(CCCl)OCCCO2)cc1. The summed E-state index contributed by atoms with van der Waals surface area (Å²) in [5, 5.41) is 0. The van der Waals surface area contributed by atoms with Crippen LogP contribution in [0.1, 0.15) is 18.4 Å². The molecule has 88 valence electrons. The second-order valence-corrected chi connectivity index (χ2v) is 4.13. The Morgan fingerprint density at radius 3 is 2.38 bits per heavy atom. The maximum atomic E-state index is 12.9. The van der Waals surface area contributed by atoms with Gasteiger partial charge in [-0.2, -0.15) is 0 Å². The molecule has 0 N–H and O–H groups in total. The van der Waals surface area contributed by atoms with Gasteiger partial charge in [0, 0.05) is 17.9 Å². The van der Waals surface area contributed by atoms with Gasteiger partial charge < -0.3 is 9.47 Å². The summed E-state index contributed by atoms with van der Waals surface area (Å²) in [4.78, 5) is 0. The summed E-state index contributed by atoms with van der Waals surface area (Å²) >= 11 is 5.77. The summed E-state index contributed by atoms with van der Waals surface area (Å²) in [6.07, 6.45) is 1.45. The Kier molecular flexibility index (Phi) is 3.79. The van der Waals surface area contributed by atoms with Crippen molar-refractivity contribution in [3.05, 3.63) is 35.6 Å². The zero-order chi connectivity index (χ0) is 11.4. The molecule has 0 aliphatic carbocycles. The van der Waals surface area contributed by atoms with Crippen molar-refractivity contribution in [1.82, 2.24) is 0 Å². The first kappa shape index (κ1) is 11.8. The van der Waals surface area contributed by atoms with Crippen LogP contribution >= 0.6 is 11.6 Å². The van der Waals surface area contributed by atoms with Gasteiger partial charge in [0.1, 0.15) is 5.82 Å². The molecule has 16 heavy (non-hydrogen) atoms. The summed E-state index contributed by atoms with van der Waals surface area (Å²) in [6.45, 7) is 1.29. The van der Waals surface area contributed by atoms with Crippen LogP contribution in [0, 0.1) is 5.82 Å². The van der Waals surface area contributed by atoms with Crippen molar-refractivity contribution < 1.29 is 13.9 Å². The number of rotatable bonds is 3. The fourth-order valence-corrected chi connectivity index (χ4v) is 2.11. The minimum atomic E-state index is -0.784. The van der Waals surface area contributed by atoms with E-state index in [1.165, 1.54) is 12.1 Å². The fraction of sp³-hybridized carbons (Fsp3) is 0.500. The van der Waals surface area contributed by atoms with Crippen LogP contribution in [0.5, 0.6) is 0 Å². The highest BCUT2D eigenvalue weighted by atomic mass is 35.5. The molecule has 4 heteroatoms. The van der Waals surface area contributed by atoms with Crippen LogP contribution in [-0.4, -0.2) is 19.1 Å². The van der Waals surface area contributed by atoms with Crippen LogP contribution < -0.4 is 0 Å². The van der Waals surface area contributed by atoms with E-state index in [9.17, 15) is 4.39 Å². The zero-order valence-electron chi connectivity index (χ0n) is 8.92. The molecule has 1 heterocycles. The zero-order valence-corrected chi connectivity index (χ0v) is 9.67. The molecule has 1 aromatic rings. The van der Waals surface area contributed by atoms with Gasteiger partial charge >= 0.3 is 0 Å². The number of benzene rings is 1. The lowest BCUT2D eigenvalue weighted by atomic mass is 10.0. The summed E-state index contributed by atoms with van der Waals surface area (Å²) in [6, 6.07) is 6.19. The van der Waals surface area contributed by atoms with Gasteiger partial charge in [-0.25, -0.2) is 4.39 Å². The predicted molar refractivity (Wildman–Crippen MR) is 59.9 cm³/mol. The summed E-state index contributed by atoms with van der Waals surface area (Å²) in [5.41, 5.74) is 0.828. The Labute approximate surface area is 99.3 Å². The highest BCUT2D eigenvalue weighted by Crippen LogP contribution is 2.34. The highest BCUT2D eigenvalue weighted by Gasteiger charge is 2.36. The van der Waals surface area contributed by atoms with E-state index in [-0.39, 0.29) is 5.82 Å². The van der Waals surface area contributed by atoms with Crippen molar-refractivity contribution in [3.63, 3.8) is 0 Å². The fourth-order valence-electron chi connectivity index (χ4n) is 1.86. The molecule has 2 rings (SSSR count). The number of hydrogen-bond donors (Lipinski definition) is 0. The van der Waals surface area contributed by atoms with Gasteiger partial charge in [0.05, 0.1) is 13.2 Å². The van der Waals surface area contributed by atoms with E-state index in [0.29, 0.717) is 25.5 Å². The largest absolute Gasteiger partial charge is 0.346 e. The van der Waals surface area contributed by atoms with E-state index in [1.807, 2.05) is 0 Å². The van der Waals surface area contributed by atoms with E-state index >= 15 is 0 Å². The third-order valence-corrected chi connectivity index (χ3v) is 2.86. The lowest BCUT2D eigenvalue weighted by Gasteiger charge is -2.37. The van der Waals surface area contributed by atoms with Gasteiger partial charge in [0.25, 0.3) is 0 Å². The predicted octanol–water partition coefficient (Wildman–Crippen LogP) is 3.04. The van der Waals surface area contributed by atoms with Gasteiger partial charge in [-0.05, 0) is 18.6 Å². The molecular formula is C12H14ClFO2. The van der Waals surface area contributed by atoms with Gasteiger partial charge in [0.15, 0.2) is 5.79 Å². The molecule has 0 spiro atoms. The second-order valence-electron chi connectivity index (χ2n) is 3.75. The first-order valence-electron chi connectivity index (χ1n) is 5.37. The smallest absolute Gasteiger partial charge is 0.195 e. The van der Waals surface area contributed by atoms with Crippen LogP contribution in [0.2, 0.25) is 0 Å². The average molecular weight is 245 g/mol. The maximum Gasteiger partial charge on any atom is 0.195 e. The van der Waals surface area contributed by atoms with Gasteiger partial charge in [-0.1, -0.05) is 12.1 Å². The molecule has 0 amide bonds. The van der Waals surface area contributed by atoms with Crippen molar-refractivity contribution in [2.45, 2.75) is 18.6 Å². The topological polar surface area (TPSA) is 18.5 Å². The summed E-state index contributed by atoms with van der Waals surface area (Å²) in [7, 11) is 0. The normalized spacial score (nSPS) is 19.6. The third-order valence-electron chi connectivity index (χ3n) is 2.67. The quantitative estimate of drug-likeness (QED) is 0.761. The Balaban J connectivity index is 2.26. The van der Waals surface area contributed by atoms with E-state index in [4.69, 9.17) is 21.1 Å². The number of ether oxygens (including phenoxy) is 2. The Bertz CT molecular complexity index is 328. The van der Waals surface area contributed by atoms with Crippen molar-refractivity contribution in [1.29, 1.82) is 0 Å². The number of hydrogen-bond acceptors (Lipinski definition) is 2. The van der Waals surface area contributed by atoms with Gasteiger partial charge in [0.2, 0.25) is 0 Å². The van der Waals surface area contributed by atoms with Crippen LogP contribution in [0.25, 0.3) is 0 Å². The molecule has 0 atom stereocenters. The van der Waals surface area contributed by atoms with Crippen LogP contribution in [0.4, 0.5) is 4.39 Å². The van der Waals surface area contributed by atoms with E-state index in [0.717, 1.165) is 12.0 Å². The molecule has 0 radical (unpaired) electrons. The lowest BCUT2D eigenvalue weighted by Crippen LogP contribution is -2.38. The third kappa shape index (κ3) is 2.37. The molecule has 0 bridgehead atoms. The molecule has 1 saturated heterocycles. The molecule has 1 aliphatic heterocycles. The van der Waals surface area contributed by atoms with Gasteiger partial charge in [-0.3, -0.25) is 0 Å². The van der Waals surface area contributed by atoms with Crippen molar-refractivity contribution in [2.75, 3.05) is 19.1 Å². The van der Waals surface area contributed by atoms with Crippen LogP contribution in [-0.2, 0) is 15.3 Å². The second kappa shape index (κ2) is 5.13. The highest BCUT2D eigenvalue weighted by molar-refractivity contribution is 6.17. The Morgan fingerprint density at radius 2 is 1.81 bits per heavy atom.